The lowest BCUT2D eigenvalue weighted by Crippen LogP contribution is -2.49. The lowest BCUT2D eigenvalue weighted by atomic mass is 9.81. The maximum atomic E-state index is 12.8. The molecule has 0 unspecified atom stereocenters. The van der Waals surface area contributed by atoms with Gasteiger partial charge in [-0.25, -0.2) is 4.79 Å². The molecule has 0 N–H and O–H groups in total. The molecule has 1 saturated carbocycles. The summed E-state index contributed by atoms with van der Waals surface area (Å²) in [5.74, 6) is -0.145. The number of benzene rings is 1. The van der Waals surface area contributed by atoms with Gasteiger partial charge in [0.2, 0.25) is 0 Å². The standard InChI is InChI=1S/C20H26N2O5/c1-15-8-4-5-9-16(15)26-12-13-27-17(23)14-22-18(24)20(21(2)19(22)25)10-6-3-7-11-20/h4-5,8-9H,3,6-7,10-14H2,1-2H3. The molecule has 1 spiro atoms. The summed E-state index contributed by atoms with van der Waals surface area (Å²) >= 11 is 0. The van der Waals surface area contributed by atoms with Crippen LogP contribution in [0.15, 0.2) is 24.3 Å². The quantitative estimate of drug-likeness (QED) is 0.434. The van der Waals surface area contributed by atoms with Gasteiger partial charge in [0.25, 0.3) is 5.91 Å². The molecule has 27 heavy (non-hydrogen) atoms. The highest BCUT2D eigenvalue weighted by molar-refractivity contribution is 6.08. The number of esters is 1. The second-order valence-electron chi connectivity index (χ2n) is 7.16. The molecule has 7 nitrogen and oxygen atoms in total. The number of carbonyl (C=O) groups is 3. The molecule has 1 aromatic carbocycles. The number of likely N-dealkylation sites (N-methyl/N-ethyl adjacent to an activating group) is 1. The Morgan fingerprint density at radius 3 is 2.52 bits per heavy atom. The fourth-order valence-electron chi connectivity index (χ4n) is 3.87. The third-order valence-corrected chi connectivity index (χ3v) is 5.47. The van der Waals surface area contributed by atoms with Crippen LogP contribution in [0.4, 0.5) is 4.79 Å². The highest BCUT2D eigenvalue weighted by Gasteiger charge is 2.55. The number of aryl methyl sites for hydroxylation is 1. The number of hydrogen-bond acceptors (Lipinski definition) is 5. The zero-order chi connectivity index (χ0) is 19.4. The highest BCUT2D eigenvalue weighted by atomic mass is 16.6. The van der Waals surface area contributed by atoms with Gasteiger partial charge in [0.15, 0.2) is 0 Å². The third kappa shape index (κ3) is 3.77. The van der Waals surface area contributed by atoms with E-state index in [0.29, 0.717) is 12.8 Å². The summed E-state index contributed by atoms with van der Waals surface area (Å²) in [6, 6.07) is 7.15. The predicted molar refractivity (Wildman–Crippen MR) is 98.3 cm³/mol. The van der Waals surface area contributed by atoms with Gasteiger partial charge in [0, 0.05) is 7.05 Å². The molecule has 0 radical (unpaired) electrons. The molecular formula is C20H26N2O5. The van der Waals surface area contributed by atoms with E-state index in [0.717, 1.165) is 35.5 Å². The summed E-state index contributed by atoms with van der Waals surface area (Å²) in [5.41, 5.74) is 0.224. The number of carbonyl (C=O) groups excluding carboxylic acids is 3. The van der Waals surface area contributed by atoms with Crippen molar-refractivity contribution in [2.24, 2.45) is 0 Å². The maximum Gasteiger partial charge on any atom is 0.327 e. The molecular weight excluding hydrogens is 348 g/mol. The fraction of sp³-hybridized carbons (Fsp3) is 0.550. The number of imide groups is 1. The first kappa shape index (κ1) is 19.2. The Bertz CT molecular complexity index is 727. The second kappa shape index (κ2) is 7.98. The molecule has 0 bridgehead atoms. The first-order chi connectivity index (χ1) is 13.0. The lowest BCUT2D eigenvalue weighted by molar-refractivity contribution is -0.148. The van der Waals surface area contributed by atoms with Crippen LogP contribution in [0.3, 0.4) is 0 Å². The summed E-state index contributed by atoms with van der Waals surface area (Å²) in [4.78, 5) is 39.9. The van der Waals surface area contributed by atoms with Gasteiger partial charge in [-0.15, -0.1) is 0 Å². The number of hydrogen-bond donors (Lipinski definition) is 0. The molecule has 0 aromatic heterocycles. The van der Waals surface area contributed by atoms with Crippen LogP contribution in [-0.2, 0) is 14.3 Å². The normalized spacial score (nSPS) is 18.9. The molecule has 3 amide bonds. The zero-order valence-electron chi connectivity index (χ0n) is 15.9. The Kier molecular flexibility index (Phi) is 5.68. The fourth-order valence-corrected chi connectivity index (χ4v) is 3.87. The Labute approximate surface area is 159 Å². The molecule has 1 saturated heterocycles. The van der Waals surface area contributed by atoms with Gasteiger partial charge in [-0.2, -0.15) is 0 Å². The monoisotopic (exact) mass is 374 g/mol. The van der Waals surface area contributed by atoms with Gasteiger partial charge in [0.05, 0.1) is 0 Å². The van der Waals surface area contributed by atoms with E-state index in [-0.39, 0.29) is 25.7 Å². The number of ether oxygens (including phenoxy) is 2. The number of amides is 3. The largest absolute Gasteiger partial charge is 0.490 e. The Morgan fingerprint density at radius 2 is 1.81 bits per heavy atom. The summed E-state index contributed by atoms with van der Waals surface area (Å²) in [5, 5.41) is 0. The minimum Gasteiger partial charge on any atom is -0.490 e. The average Bonchev–Trinajstić information content (AvgIpc) is 2.83. The summed E-state index contributed by atoms with van der Waals surface area (Å²) < 4.78 is 10.7. The van der Waals surface area contributed by atoms with E-state index >= 15 is 0 Å². The second-order valence-corrected chi connectivity index (χ2v) is 7.16. The van der Waals surface area contributed by atoms with Crippen molar-refractivity contribution in [2.45, 2.75) is 44.6 Å². The van der Waals surface area contributed by atoms with E-state index in [9.17, 15) is 14.4 Å². The molecule has 7 heteroatoms. The Hall–Kier alpha value is -2.57. The van der Waals surface area contributed by atoms with Crippen LogP contribution >= 0.6 is 0 Å². The van der Waals surface area contributed by atoms with Crippen LogP contribution in [0.1, 0.15) is 37.7 Å². The molecule has 3 rings (SSSR count). The van der Waals surface area contributed by atoms with Gasteiger partial charge in [0.1, 0.15) is 31.0 Å². The first-order valence-electron chi connectivity index (χ1n) is 9.39. The number of para-hydroxylation sites is 1. The van der Waals surface area contributed by atoms with E-state index in [1.807, 2.05) is 31.2 Å². The smallest absolute Gasteiger partial charge is 0.327 e. The van der Waals surface area contributed by atoms with E-state index in [1.54, 1.807) is 7.05 Å². The molecule has 2 aliphatic rings. The summed E-state index contributed by atoms with van der Waals surface area (Å²) in [7, 11) is 1.65. The zero-order valence-corrected chi connectivity index (χ0v) is 15.9. The van der Waals surface area contributed by atoms with Gasteiger partial charge >= 0.3 is 12.0 Å². The van der Waals surface area contributed by atoms with E-state index in [2.05, 4.69) is 0 Å². The van der Waals surface area contributed by atoms with Crippen LogP contribution in [0, 0.1) is 6.92 Å². The van der Waals surface area contributed by atoms with Gasteiger partial charge in [-0.05, 0) is 31.4 Å². The maximum absolute atomic E-state index is 12.8. The summed E-state index contributed by atoms with van der Waals surface area (Å²) in [6.45, 7) is 1.85. The van der Waals surface area contributed by atoms with Crippen LogP contribution in [-0.4, -0.2) is 60.1 Å². The Balaban J connectivity index is 1.49. The minimum atomic E-state index is -0.774. The summed E-state index contributed by atoms with van der Waals surface area (Å²) in [6.07, 6.45) is 4.21. The van der Waals surface area contributed by atoms with Crippen molar-refractivity contribution in [3.63, 3.8) is 0 Å². The molecule has 1 aliphatic carbocycles. The van der Waals surface area contributed by atoms with Gasteiger partial charge in [-0.3, -0.25) is 14.5 Å². The SMILES string of the molecule is Cc1ccccc1OCCOC(=O)CN1C(=O)N(C)C2(CCCCC2)C1=O. The van der Waals surface area contributed by atoms with Gasteiger partial charge in [-0.1, -0.05) is 37.5 Å². The molecule has 1 heterocycles. The van der Waals surface area contributed by atoms with Crippen molar-refractivity contribution in [3.8, 4) is 5.75 Å². The van der Waals surface area contributed by atoms with Crippen molar-refractivity contribution in [1.82, 2.24) is 9.80 Å². The Morgan fingerprint density at radius 1 is 1.11 bits per heavy atom. The highest BCUT2D eigenvalue weighted by Crippen LogP contribution is 2.39. The molecule has 146 valence electrons. The topological polar surface area (TPSA) is 76.2 Å². The third-order valence-electron chi connectivity index (χ3n) is 5.47. The van der Waals surface area contributed by atoms with Crippen molar-refractivity contribution >= 4 is 17.9 Å². The van der Waals surface area contributed by atoms with Crippen molar-refractivity contribution < 1.29 is 23.9 Å². The average molecular weight is 374 g/mol. The number of rotatable bonds is 6. The lowest BCUT2D eigenvalue weighted by Gasteiger charge is -2.35. The van der Waals surface area contributed by atoms with Gasteiger partial charge < -0.3 is 14.4 Å². The minimum absolute atomic E-state index is 0.0599. The van der Waals surface area contributed by atoms with E-state index in [1.165, 1.54) is 4.90 Å². The van der Waals surface area contributed by atoms with Crippen LogP contribution in [0.25, 0.3) is 0 Å². The molecule has 1 aliphatic heterocycles. The van der Waals surface area contributed by atoms with Crippen LogP contribution in [0.5, 0.6) is 5.75 Å². The number of nitrogens with zero attached hydrogens (tertiary/aromatic N) is 2. The molecule has 0 atom stereocenters. The van der Waals surface area contributed by atoms with Crippen molar-refractivity contribution in [2.75, 3.05) is 26.8 Å². The van der Waals surface area contributed by atoms with Crippen LogP contribution < -0.4 is 4.74 Å². The van der Waals surface area contributed by atoms with Crippen molar-refractivity contribution in [1.29, 1.82) is 0 Å². The molecule has 2 fully saturated rings. The predicted octanol–water partition coefficient (Wildman–Crippen LogP) is 2.51. The number of urea groups is 1. The first-order valence-corrected chi connectivity index (χ1v) is 9.39. The van der Waals surface area contributed by atoms with E-state index < -0.39 is 17.5 Å². The van der Waals surface area contributed by atoms with E-state index in [4.69, 9.17) is 9.47 Å². The van der Waals surface area contributed by atoms with Crippen molar-refractivity contribution in [3.05, 3.63) is 29.8 Å². The van der Waals surface area contributed by atoms with Crippen LogP contribution in [0.2, 0.25) is 0 Å². The molecule has 1 aromatic rings.